The molecule has 3 rings (SSSR count). The van der Waals surface area contributed by atoms with Crippen molar-refractivity contribution in [1.29, 1.82) is 0 Å². The number of methoxy groups -OCH3 is 1. The number of phenolic OH excluding ortho intramolecular Hbond substituents is 1. The number of nitrogens with one attached hydrogen (secondary N) is 2. The summed E-state index contributed by atoms with van der Waals surface area (Å²) >= 11 is 0. The van der Waals surface area contributed by atoms with Crippen molar-refractivity contribution in [3.8, 4) is 11.5 Å². The molecule has 0 amide bonds. The minimum atomic E-state index is 0.233. The van der Waals surface area contributed by atoms with Crippen molar-refractivity contribution < 1.29 is 14.6 Å². The zero-order chi connectivity index (χ0) is 22.6. The van der Waals surface area contributed by atoms with E-state index in [1.807, 2.05) is 6.07 Å². The molecule has 0 saturated carbocycles. The normalized spacial score (nSPS) is 15.5. The highest BCUT2D eigenvalue weighted by Gasteiger charge is 2.19. The Kier molecular flexibility index (Phi) is 9.65. The lowest BCUT2D eigenvalue weighted by molar-refractivity contribution is 0.00534. The molecule has 1 heterocycles. The highest BCUT2D eigenvalue weighted by molar-refractivity contribution is 5.79. The van der Waals surface area contributed by atoms with Gasteiger partial charge in [0.15, 0.2) is 5.96 Å². The summed E-state index contributed by atoms with van der Waals surface area (Å²) < 4.78 is 11.3. The lowest BCUT2D eigenvalue weighted by Gasteiger charge is -2.32. The number of piperidine rings is 1. The van der Waals surface area contributed by atoms with Crippen molar-refractivity contribution in [2.75, 3.05) is 40.4 Å². The molecule has 174 valence electrons. The van der Waals surface area contributed by atoms with Gasteiger partial charge in [0, 0.05) is 51.9 Å². The number of ether oxygens (including phenoxy) is 2. The number of nitrogens with zero attached hydrogens (tertiary/aromatic N) is 2. The molecule has 32 heavy (non-hydrogen) atoms. The third-order valence-electron chi connectivity index (χ3n) is 5.71. The van der Waals surface area contributed by atoms with Crippen LogP contribution >= 0.6 is 0 Å². The molecule has 1 saturated heterocycles. The van der Waals surface area contributed by atoms with Gasteiger partial charge in [0.25, 0.3) is 0 Å². The molecule has 0 unspecified atom stereocenters. The molecule has 1 aliphatic heterocycles. The van der Waals surface area contributed by atoms with Gasteiger partial charge in [-0.25, -0.2) is 0 Å². The summed E-state index contributed by atoms with van der Waals surface area (Å²) in [5.74, 6) is 1.64. The predicted octanol–water partition coefficient (Wildman–Crippen LogP) is 3.14. The number of phenols is 1. The van der Waals surface area contributed by atoms with Gasteiger partial charge in [0.05, 0.1) is 13.2 Å². The monoisotopic (exact) mass is 440 g/mol. The number of benzene rings is 2. The Balaban J connectivity index is 1.27. The van der Waals surface area contributed by atoms with Gasteiger partial charge in [0.1, 0.15) is 11.5 Å². The maximum atomic E-state index is 10.0. The summed E-state index contributed by atoms with van der Waals surface area (Å²) in [6.45, 7) is 5.18. The number of hydrogen-bond donors (Lipinski definition) is 3. The van der Waals surface area contributed by atoms with E-state index in [1.165, 1.54) is 5.56 Å². The minimum Gasteiger partial charge on any atom is -0.508 e. The van der Waals surface area contributed by atoms with Crippen LogP contribution in [-0.2, 0) is 17.8 Å². The van der Waals surface area contributed by atoms with Crippen molar-refractivity contribution in [2.24, 2.45) is 4.99 Å². The molecular weight excluding hydrogens is 404 g/mol. The first-order chi connectivity index (χ1) is 15.7. The van der Waals surface area contributed by atoms with E-state index in [9.17, 15) is 5.11 Å². The average Bonchev–Trinajstić information content (AvgIpc) is 2.83. The first-order valence-electron chi connectivity index (χ1n) is 11.4. The number of aromatic hydroxyl groups is 1. The molecule has 0 aliphatic carbocycles. The Morgan fingerprint density at radius 2 is 1.91 bits per heavy atom. The van der Waals surface area contributed by atoms with Crippen molar-refractivity contribution in [2.45, 2.75) is 38.5 Å². The lowest BCUT2D eigenvalue weighted by Crippen LogP contribution is -2.38. The Labute approximate surface area is 191 Å². The van der Waals surface area contributed by atoms with Crippen LogP contribution in [0, 0.1) is 0 Å². The maximum Gasteiger partial charge on any atom is 0.191 e. The quantitative estimate of drug-likeness (QED) is 0.299. The zero-order valence-electron chi connectivity index (χ0n) is 19.2. The molecule has 1 aliphatic rings. The third-order valence-corrected chi connectivity index (χ3v) is 5.71. The highest BCUT2D eigenvalue weighted by atomic mass is 16.5. The van der Waals surface area contributed by atoms with Gasteiger partial charge >= 0.3 is 0 Å². The molecule has 0 atom stereocenters. The Hall–Kier alpha value is -2.77. The van der Waals surface area contributed by atoms with Crippen LogP contribution in [0.15, 0.2) is 53.5 Å². The second kappa shape index (κ2) is 12.9. The molecular formula is C25H36N4O3. The van der Waals surface area contributed by atoms with Crippen LogP contribution in [0.4, 0.5) is 0 Å². The molecule has 0 aromatic heterocycles. The van der Waals surface area contributed by atoms with E-state index < -0.39 is 0 Å². The standard InChI is InChI=1S/C25H36N4O3/c1-26-25(28-18-21-17-23(31-2)9-10-24(21)30)27-13-6-16-32-22-11-14-29(15-12-22)19-20-7-4-3-5-8-20/h3-5,7-10,17,22,30H,6,11-16,18-19H2,1-2H3,(H2,26,27,28). The second-order valence-corrected chi connectivity index (χ2v) is 8.03. The fourth-order valence-corrected chi connectivity index (χ4v) is 3.83. The number of hydrogen-bond acceptors (Lipinski definition) is 5. The summed E-state index contributed by atoms with van der Waals surface area (Å²) in [4.78, 5) is 6.75. The van der Waals surface area contributed by atoms with Crippen molar-refractivity contribution >= 4 is 5.96 Å². The van der Waals surface area contributed by atoms with E-state index >= 15 is 0 Å². The average molecular weight is 441 g/mol. The van der Waals surface area contributed by atoms with E-state index in [0.717, 1.165) is 57.6 Å². The van der Waals surface area contributed by atoms with Crippen molar-refractivity contribution in [3.05, 3.63) is 59.7 Å². The SMILES string of the molecule is CN=C(NCCCOC1CCN(Cc2ccccc2)CC1)NCc1cc(OC)ccc1O. The second-order valence-electron chi connectivity index (χ2n) is 8.03. The van der Waals surface area contributed by atoms with Gasteiger partial charge in [-0.2, -0.15) is 0 Å². The molecule has 0 bridgehead atoms. The van der Waals surface area contributed by atoms with Crippen molar-refractivity contribution in [3.63, 3.8) is 0 Å². The summed E-state index contributed by atoms with van der Waals surface area (Å²) in [6.07, 6.45) is 3.45. The fourth-order valence-electron chi connectivity index (χ4n) is 3.83. The van der Waals surface area contributed by atoms with Gasteiger partial charge in [-0.3, -0.25) is 9.89 Å². The fraction of sp³-hybridized carbons (Fsp3) is 0.480. The predicted molar refractivity (Wildman–Crippen MR) is 128 cm³/mol. The van der Waals surface area contributed by atoms with Crippen LogP contribution in [0.2, 0.25) is 0 Å². The number of aliphatic imine (C=N–C) groups is 1. The van der Waals surface area contributed by atoms with Gasteiger partial charge in [0.2, 0.25) is 0 Å². The summed E-state index contributed by atoms with van der Waals surface area (Å²) in [5, 5.41) is 16.5. The third kappa shape index (κ3) is 7.73. The van der Waals surface area contributed by atoms with Crippen LogP contribution in [-0.4, -0.2) is 62.5 Å². The van der Waals surface area contributed by atoms with E-state index in [-0.39, 0.29) is 5.75 Å². The summed E-state index contributed by atoms with van der Waals surface area (Å²) in [7, 11) is 3.35. The first kappa shape index (κ1) is 23.9. The number of guanidine groups is 1. The number of rotatable bonds is 10. The van der Waals surface area contributed by atoms with E-state index in [2.05, 4.69) is 50.9 Å². The highest BCUT2D eigenvalue weighted by Crippen LogP contribution is 2.22. The smallest absolute Gasteiger partial charge is 0.191 e. The molecule has 7 heteroatoms. The summed E-state index contributed by atoms with van der Waals surface area (Å²) in [5.41, 5.74) is 2.13. The van der Waals surface area contributed by atoms with Gasteiger partial charge in [-0.15, -0.1) is 0 Å². The van der Waals surface area contributed by atoms with Crippen LogP contribution in [0.3, 0.4) is 0 Å². The van der Waals surface area contributed by atoms with Gasteiger partial charge < -0.3 is 25.2 Å². The van der Waals surface area contributed by atoms with E-state index in [4.69, 9.17) is 9.47 Å². The Morgan fingerprint density at radius 3 is 2.62 bits per heavy atom. The van der Waals surface area contributed by atoms with Crippen molar-refractivity contribution in [1.82, 2.24) is 15.5 Å². The largest absolute Gasteiger partial charge is 0.508 e. The lowest BCUT2D eigenvalue weighted by atomic mass is 10.1. The summed E-state index contributed by atoms with van der Waals surface area (Å²) in [6, 6.07) is 15.8. The molecule has 2 aromatic rings. The van der Waals surface area contributed by atoms with E-state index in [1.54, 1.807) is 26.3 Å². The first-order valence-corrected chi connectivity index (χ1v) is 11.4. The van der Waals surface area contributed by atoms with Gasteiger partial charge in [-0.1, -0.05) is 30.3 Å². The van der Waals surface area contributed by atoms with Crippen LogP contribution in [0.1, 0.15) is 30.4 Å². The Bertz CT molecular complexity index is 836. The maximum absolute atomic E-state index is 10.0. The molecule has 0 spiro atoms. The Morgan fingerprint density at radius 1 is 1.12 bits per heavy atom. The number of likely N-dealkylation sites (tertiary alicyclic amines) is 1. The van der Waals surface area contributed by atoms with Gasteiger partial charge in [-0.05, 0) is 43.0 Å². The van der Waals surface area contributed by atoms with Crippen LogP contribution < -0.4 is 15.4 Å². The van der Waals surface area contributed by atoms with Crippen LogP contribution in [0.5, 0.6) is 11.5 Å². The molecule has 2 aromatic carbocycles. The minimum absolute atomic E-state index is 0.233. The molecule has 0 radical (unpaired) electrons. The zero-order valence-corrected chi connectivity index (χ0v) is 19.2. The van der Waals surface area contributed by atoms with Crippen LogP contribution in [0.25, 0.3) is 0 Å². The van der Waals surface area contributed by atoms with E-state index in [0.29, 0.717) is 24.4 Å². The molecule has 3 N–H and O–H groups in total. The topological polar surface area (TPSA) is 78.4 Å². The molecule has 7 nitrogen and oxygen atoms in total. The molecule has 1 fully saturated rings.